The highest BCUT2D eigenvalue weighted by Gasteiger charge is 2.31. The Labute approximate surface area is 155 Å². The molecule has 6 nitrogen and oxygen atoms in total. The van der Waals surface area contributed by atoms with Gasteiger partial charge in [0.2, 0.25) is 0 Å². The van der Waals surface area contributed by atoms with Crippen molar-refractivity contribution in [1.29, 1.82) is 0 Å². The van der Waals surface area contributed by atoms with E-state index in [1.165, 1.54) is 0 Å². The monoisotopic (exact) mass is 356 g/mol. The highest BCUT2D eigenvalue weighted by Crippen LogP contribution is 2.28. The van der Waals surface area contributed by atoms with Gasteiger partial charge in [-0.25, -0.2) is 0 Å². The number of piperazine rings is 1. The van der Waals surface area contributed by atoms with Gasteiger partial charge >= 0.3 is 0 Å². The zero-order valence-electron chi connectivity index (χ0n) is 16.0. The summed E-state index contributed by atoms with van der Waals surface area (Å²) < 4.78 is 5.39. The first-order chi connectivity index (χ1) is 12.5. The third-order valence-electron chi connectivity index (χ3n) is 5.14. The summed E-state index contributed by atoms with van der Waals surface area (Å²) in [6, 6.07) is 10.4. The maximum absolute atomic E-state index is 12.9. The maximum Gasteiger partial charge on any atom is 0.271 e. The van der Waals surface area contributed by atoms with E-state index in [2.05, 4.69) is 35.9 Å². The molecule has 1 N–H and O–H groups in total. The van der Waals surface area contributed by atoms with Crippen LogP contribution in [0.2, 0.25) is 0 Å². The molecule has 1 aromatic carbocycles. The second-order valence-electron chi connectivity index (χ2n) is 7.01. The molecule has 6 heteroatoms. The number of amides is 1. The summed E-state index contributed by atoms with van der Waals surface area (Å²) in [4.78, 5) is 17.4. The van der Waals surface area contributed by atoms with E-state index < -0.39 is 0 Å². The quantitative estimate of drug-likeness (QED) is 0.894. The van der Waals surface area contributed by atoms with Crippen LogP contribution in [0.15, 0.2) is 30.3 Å². The highest BCUT2D eigenvalue weighted by molar-refractivity contribution is 5.93. The largest absolute Gasteiger partial charge is 0.496 e. The van der Waals surface area contributed by atoms with Crippen LogP contribution in [0.1, 0.15) is 37.7 Å². The molecule has 1 aliphatic rings. The molecule has 2 heterocycles. The van der Waals surface area contributed by atoms with Crippen LogP contribution < -0.4 is 4.74 Å². The van der Waals surface area contributed by atoms with Crippen molar-refractivity contribution in [1.82, 2.24) is 20.0 Å². The molecule has 140 valence electrons. The van der Waals surface area contributed by atoms with Gasteiger partial charge in [0, 0.05) is 37.3 Å². The van der Waals surface area contributed by atoms with E-state index in [1.807, 2.05) is 35.2 Å². The molecule has 1 fully saturated rings. The molecule has 1 aromatic heterocycles. The third-order valence-corrected chi connectivity index (χ3v) is 5.14. The van der Waals surface area contributed by atoms with Crippen LogP contribution in [0.3, 0.4) is 0 Å². The number of H-pyrrole nitrogens is 1. The van der Waals surface area contributed by atoms with Crippen molar-refractivity contribution in [2.24, 2.45) is 0 Å². The molecule has 1 amide bonds. The number of rotatable bonds is 5. The lowest BCUT2D eigenvalue weighted by Crippen LogP contribution is -2.56. The molecule has 0 saturated carbocycles. The van der Waals surface area contributed by atoms with Crippen LogP contribution >= 0.6 is 0 Å². The van der Waals surface area contributed by atoms with Crippen molar-refractivity contribution in [2.45, 2.75) is 39.3 Å². The van der Waals surface area contributed by atoms with Crippen LogP contribution in [-0.4, -0.2) is 64.7 Å². The fraction of sp³-hybridized carbons (Fsp3) is 0.500. The third kappa shape index (κ3) is 3.60. The molecule has 0 unspecified atom stereocenters. The Morgan fingerprint density at radius 2 is 2.12 bits per heavy atom. The minimum atomic E-state index is 0.0144. The Bertz CT molecular complexity index is 756. The van der Waals surface area contributed by atoms with E-state index in [-0.39, 0.29) is 5.91 Å². The van der Waals surface area contributed by atoms with E-state index in [0.717, 1.165) is 43.1 Å². The van der Waals surface area contributed by atoms with Crippen LogP contribution in [0, 0.1) is 0 Å². The minimum absolute atomic E-state index is 0.0144. The van der Waals surface area contributed by atoms with E-state index in [1.54, 1.807) is 7.11 Å². The Morgan fingerprint density at radius 1 is 1.35 bits per heavy atom. The number of methoxy groups -OCH3 is 1. The number of aromatic amines is 1. The van der Waals surface area contributed by atoms with Gasteiger partial charge in [-0.1, -0.05) is 19.1 Å². The number of nitrogens with one attached hydrogen (secondary N) is 1. The fourth-order valence-electron chi connectivity index (χ4n) is 3.69. The normalized spacial score (nSPS) is 18.3. The number of carbonyl (C=O) groups excluding carboxylic acids is 1. The summed E-state index contributed by atoms with van der Waals surface area (Å²) >= 11 is 0. The SMILES string of the molecule is CC[C@@H]1CN(C(=O)c2cc(-c3ccccc3OC)n[nH]2)CCN1C(C)C. The number of para-hydroxylation sites is 1. The molecule has 3 rings (SSSR count). The number of aromatic nitrogens is 2. The Hall–Kier alpha value is -2.34. The van der Waals surface area contributed by atoms with E-state index in [0.29, 0.717) is 17.8 Å². The number of benzene rings is 1. The first-order valence-corrected chi connectivity index (χ1v) is 9.29. The number of carbonyl (C=O) groups is 1. The van der Waals surface area contributed by atoms with Gasteiger partial charge in [-0.3, -0.25) is 14.8 Å². The van der Waals surface area contributed by atoms with Crippen molar-refractivity contribution >= 4 is 5.91 Å². The summed E-state index contributed by atoms with van der Waals surface area (Å²) in [5.74, 6) is 0.759. The molecular weight excluding hydrogens is 328 g/mol. The number of ether oxygens (including phenoxy) is 1. The summed E-state index contributed by atoms with van der Waals surface area (Å²) in [5.41, 5.74) is 2.12. The maximum atomic E-state index is 12.9. The minimum Gasteiger partial charge on any atom is -0.496 e. The van der Waals surface area contributed by atoms with Gasteiger partial charge in [0.05, 0.1) is 12.8 Å². The van der Waals surface area contributed by atoms with Crippen molar-refractivity contribution in [3.05, 3.63) is 36.0 Å². The number of hydrogen-bond donors (Lipinski definition) is 1. The predicted octanol–water partition coefficient (Wildman–Crippen LogP) is 3.03. The van der Waals surface area contributed by atoms with Crippen LogP contribution in [-0.2, 0) is 0 Å². The van der Waals surface area contributed by atoms with Crippen LogP contribution in [0.5, 0.6) is 5.75 Å². The molecule has 0 radical (unpaired) electrons. The molecule has 1 aliphatic heterocycles. The molecule has 2 aromatic rings. The molecule has 1 saturated heterocycles. The Morgan fingerprint density at radius 3 is 2.81 bits per heavy atom. The van der Waals surface area contributed by atoms with E-state index in [9.17, 15) is 4.79 Å². The standard InChI is InChI=1S/C20H28N4O2/c1-5-15-13-23(10-11-24(15)14(2)3)20(25)18-12-17(21-22-18)16-8-6-7-9-19(16)26-4/h6-9,12,14-15H,5,10-11,13H2,1-4H3,(H,21,22)/t15-/m1/s1. The lowest BCUT2D eigenvalue weighted by molar-refractivity contribution is 0.0367. The van der Waals surface area contributed by atoms with Crippen LogP contribution in [0.25, 0.3) is 11.3 Å². The van der Waals surface area contributed by atoms with Gasteiger partial charge in [-0.15, -0.1) is 0 Å². The van der Waals surface area contributed by atoms with Gasteiger partial charge in [-0.05, 0) is 38.5 Å². The molecule has 0 spiro atoms. The number of nitrogens with zero attached hydrogens (tertiary/aromatic N) is 3. The van der Waals surface area contributed by atoms with Gasteiger partial charge in [0.15, 0.2) is 0 Å². The van der Waals surface area contributed by atoms with E-state index >= 15 is 0 Å². The van der Waals surface area contributed by atoms with Gasteiger partial charge in [-0.2, -0.15) is 5.10 Å². The summed E-state index contributed by atoms with van der Waals surface area (Å²) in [5, 5.41) is 7.24. The smallest absolute Gasteiger partial charge is 0.271 e. The lowest BCUT2D eigenvalue weighted by Gasteiger charge is -2.43. The zero-order valence-corrected chi connectivity index (χ0v) is 16.0. The van der Waals surface area contributed by atoms with Crippen LogP contribution in [0.4, 0.5) is 0 Å². The molecule has 0 bridgehead atoms. The second-order valence-corrected chi connectivity index (χ2v) is 7.01. The van der Waals surface area contributed by atoms with Gasteiger partial charge in [0.1, 0.15) is 11.4 Å². The van der Waals surface area contributed by atoms with Crippen molar-refractivity contribution in [3.8, 4) is 17.0 Å². The summed E-state index contributed by atoms with van der Waals surface area (Å²) in [7, 11) is 1.64. The topological polar surface area (TPSA) is 61.5 Å². The first kappa shape index (κ1) is 18.5. The average molecular weight is 356 g/mol. The molecule has 1 atom stereocenters. The van der Waals surface area contributed by atoms with Gasteiger partial charge < -0.3 is 9.64 Å². The summed E-state index contributed by atoms with van der Waals surface area (Å²) in [6.45, 7) is 9.04. The predicted molar refractivity (Wildman–Crippen MR) is 102 cm³/mol. The first-order valence-electron chi connectivity index (χ1n) is 9.29. The summed E-state index contributed by atoms with van der Waals surface area (Å²) in [6.07, 6.45) is 1.04. The van der Waals surface area contributed by atoms with Crippen molar-refractivity contribution < 1.29 is 9.53 Å². The van der Waals surface area contributed by atoms with Crippen molar-refractivity contribution in [3.63, 3.8) is 0 Å². The number of hydrogen-bond acceptors (Lipinski definition) is 4. The lowest BCUT2D eigenvalue weighted by atomic mass is 10.1. The van der Waals surface area contributed by atoms with Crippen molar-refractivity contribution in [2.75, 3.05) is 26.7 Å². The molecule has 26 heavy (non-hydrogen) atoms. The molecular formula is C20H28N4O2. The fourth-order valence-corrected chi connectivity index (χ4v) is 3.69. The second kappa shape index (κ2) is 7.91. The Balaban J connectivity index is 1.76. The average Bonchev–Trinajstić information content (AvgIpc) is 3.16. The Kier molecular flexibility index (Phi) is 5.61. The molecule has 0 aliphatic carbocycles. The highest BCUT2D eigenvalue weighted by atomic mass is 16.5. The van der Waals surface area contributed by atoms with E-state index in [4.69, 9.17) is 4.74 Å². The zero-order chi connectivity index (χ0) is 18.7. The van der Waals surface area contributed by atoms with Gasteiger partial charge in [0.25, 0.3) is 5.91 Å².